The number of phenols is 3. The van der Waals surface area contributed by atoms with Crippen molar-refractivity contribution in [1.82, 2.24) is 0 Å². The number of rotatable bonds is 3. The Balaban J connectivity index is 2.17. The number of benzene rings is 2. The van der Waals surface area contributed by atoms with Gasteiger partial charge in [0.1, 0.15) is 0 Å². The van der Waals surface area contributed by atoms with E-state index in [1.54, 1.807) is 6.07 Å². The molecule has 0 atom stereocenters. The molecule has 0 aliphatic rings. The third kappa shape index (κ3) is 2.51. The number of para-hydroxylation sites is 1. The number of anilines is 1. The molecule has 0 amide bonds. The van der Waals surface area contributed by atoms with Gasteiger partial charge in [0.2, 0.25) is 5.75 Å². The Morgan fingerprint density at radius 1 is 0.944 bits per heavy atom. The topological polar surface area (TPSA) is 72.7 Å². The van der Waals surface area contributed by atoms with Gasteiger partial charge in [-0.25, -0.2) is 0 Å². The minimum atomic E-state index is -0.499. The van der Waals surface area contributed by atoms with Crippen LogP contribution in [0.3, 0.4) is 0 Å². The molecule has 0 saturated heterocycles. The van der Waals surface area contributed by atoms with Crippen LogP contribution in [0.1, 0.15) is 5.56 Å². The zero-order valence-corrected chi connectivity index (χ0v) is 11.0. The van der Waals surface area contributed by atoms with Crippen molar-refractivity contribution in [2.45, 2.75) is 6.54 Å². The van der Waals surface area contributed by atoms with Crippen LogP contribution in [0.25, 0.3) is 0 Å². The third-order valence-corrected chi connectivity index (χ3v) is 3.25. The zero-order valence-electron chi connectivity index (χ0n) is 9.39. The fraction of sp³-hybridized carbons (Fsp3) is 0.0769. The van der Waals surface area contributed by atoms with E-state index in [1.807, 2.05) is 24.3 Å². The lowest BCUT2D eigenvalue weighted by Crippen LogP contribution is -2.00. The van der Waals surface area contributed by atoms with Crippen molar-refractivity contribution < 1.29 is 15.3 Å². The molecule has 5 heteroatoms. The Labute approximate surface area is 113 Å². The number of halogens is 1. The van der Waals surface area contributed by atoms with Crippen molar-refractivity contribution >= 4 is 21.6 Å². The molecule has 0 heterocycles. The maximum atomic E-state index is 9.66. The van der Waals surface area contributed by atoms with Crippen LogP contribution in [0.5, 0.6) is 17.2 Å². The van der Waals surface area contributed by atoms with Crippen molar-refractivity contribution in [3.8, 4) is 17.2 Å². The van der Waals surface area contributed by atoms with Crippen molar-refractivity contribution in [1.29, 1.82) is 0 Å². The molecule has 94 valence electrons. The Morgan fingerprint density at radius 2 is 1.67 bits per heavy atom. The first-order chi connectivity index (χ1) is 8.59. The van der Waals surface area contributed by atoms with Crippen LogP contribution in [-0.2, 0) is 6.54 Å². The van der Waals surface area contributed by atoms with Gasteiger partial charge in [0.25, 0.3) is 0 Å². The smallest absolute Gasteiger partial charge is 0.200 e. The molecule has 4 nitrogen and oxygen atoms in total. The average Bonchev–Trinajstić information content (AvgIpc) is 2.37. The molecule has 4 N–H and O–H groups in total. The molecule has 0 saturated carbocycles. The molecule has 0 bridgehead atoms. The highest BCUT2D eigenvalue weighted by Gasteiger charge is 2.10. The summed E-state index contributed by atoms with van der Waals surface area (Å²) in [6.07, 6.45) is 0. The van der Waals surface area contributed by atoms with Crippen molar-refractivity contribution in [2.24, 2.45) is 0 Å². The van der Waals surface area contributed by atoms with Gasteiger partial charge in [0, 0.05) is 22.3 Å². The third-order valence-electron chi connectivity index (χ3n) is 2.56. The van der Waals surface area contributed by atoms with Gasteiger partial charge in [-0.15, -0.1) is 0 Å². The number of phenolic OH excluding ortho intramolecular Hbond substituents is 3. The second kappa shape index (κ2) is 5.18. The molecule has 0 unspecified atom stereocenters. The largest absolute Gasteiger partial charge is 0.504 e. The van der Waals surface area contributed by atoms with E-state index in [2.05, 4.69) is 21.2 Å². The van der Waals surface area contributed by atoms with E-state index in [4.69, 9.17) is 0 Å². The van der Waals surface area contributed by atoms with Crippen molar-refractivity contribution in [3.05, 3.63) is 46.4 Å². The van der Waals surface area contributed by atoms with E-state index in [0.29, 0.717) is 12.1 Å². The number of nitrogens with one attached hydrogen (secondary N) is 1. The fourth-order valence-corrected chi connectivity index (χ4v) is 1.97. The maximum Gasteiger partial charge on any atom is 0.200 e. The van der Waals surface area contributed by atoms with Crippen LogP contribution in [0.2, 0.25) is 0 Å². The van der Waals surface area contributed by atoms with E-state index < -0.39 is 5.75 Å². The molecule has 0 aliphatic carbocycles. The summed E-state index contributed by atoms with van der Waals surface area (Å²) in [4.78, 5) is 0. The van der Waals surface area contributed by atoms with Gasteiger partial charge in [0.05, 0.1) is 0 Å². The van der Waals surface area contributed by atoms with Crippen LogP contribution >= 0.6 is 15.9 Å². The molecular formula is C13H12BrNO3. The van der Waals surface area contributed by atoms with Gasteiger partial charge in [0.15, 0.2) is 11.5 Å². The predicted molar refractivity (Wildman–Crippen MR) is 72.9 cm³/mol. The molecule has 0 aromatic heterocycles. The number of hydrogen-bond acceptors (Lipinski definition) is 4. The second-order valence-corrected chi connectivity index (χ2v) is 4.63. The van der Waals surface area contributed by atoms with E-state index in [9.17, 15) is 15.3 Å². The van der Waals surface area contributed by atoms with E-state index >= 15 is 0 Å². The first-order valence-electron chi connectivity index (χ1n) is 5.30. The van der Waals surface area contributed by atoms with E-state index in [0.717, 1.165) is 10.2 Å². The van der Waals surface area contributed by atoms with Crippen LogP contribution in [0.4, 0.5) is 5.69 Å². The maximum absolute atomic E-state index is 9.66. The van der Waals surface area contributed by atoms with Gasteiger partial charge >= 0.3 is 0 Å². The summed E-state index contributed by atoms with van der Waals surface area (Å²) < 4.78 is 0.910. The van der Waals surface area contributed by atoms with E-state index in [1.165, 1.54) is 6.07 Å². The summed E-state index contributed by atoms with van der Waals surface area (Å²) in [5, 5.41) is 31.4. The number of hydrogen-bond donors (Lipinski definition) is 4. The van der Waals surface area contributed by atoms with Crippen LogP contribution in [-0.4, -0.2) is 15.3 Å². The standard InChI is InChI=1S/C13H12BrNO3/c14-9-3-1-2-4-10(9)15-7-8-5-6-11(16)13(18)12(8)17/h1-6,15-18H,7H2. The Morgan fingerprint density at radius 3 is 2.39 bits per heavy atom. The Hall–Kier alpha value is -1.88. The predicted octanol–water partition coefficient (Wildman–Crippen LogP) is 3.18. The second-order valence-electron chi connectivity index (χ2n) is 3.77. The summed E-state index contributed by atoms with van der Waals surface area (Å²) in [5.74, 6) is -1.15. The average molecular weight is 310 g/mol. The Kier molecular flexibility index (Phi) is 3.62. The first kappa shape index (κ1) is 12.6. The lowest BCUT2D eigenvalue weighted by molar-refractivity contribution is 0.365. The summed E-state index contributed by atoms with van der Waals surface area (Å²) in [6, 6.07) is 10.5. The van der Waals surface area contributed by atoms with Crippen LogP contribution in [0.15, 0.2) is 40.9 Å². The monoisotopic (exact) mass is 309 g/mol. The van der Waals surface area contributed by atoms with Crippen LogP contribution in [0, 0.1) is 0 Å². The summed E-state index contributed by atoms with van der Waals surface area (Å²) in [7, 11) is 0. The SMILES string of the molecule is Oc1ccc(CNc2ccccc2Br)c(O)c1O. The summed E-state index contributed by atoms with van der Waals surface area (Å²) in [5.41, 5.74) is 1.38. The zero-order chi connectivity index (χ0) is 13.1. The molecular weight excluding hydrogens is 298 g/mol. The number of aromatic hydroxyl groups is 3. The molecule has 0 fully saturated rings. The quantitative estimate of drug-likeness (QED) is 0.657. The highest BCUT2D eigenvalue weighted by Crippen LogP contribution is 2.37. The highest BCUT2D eigenvalue weighted by atomic mass is 79.9. The minimum Gasteiger partial charge on any atom is -0.504 e. The first-order valence-corrected chi connectivity index (χ1v) is 6.10. The molecule has 2 rings (SSSR count). The molecule has 2 aromatic carbocycles. The summed E-state index contributed by atoms with van der Waals surface area (Å²) >= 11 is 3.40. The van der Waals surface area contributed by atoms with Gasteiger partial charge in [-0.05, 0) is 40.2 Å². The van der Waals surface area contributed by atoms with Gasteiger partial charge < -0.3 is 20.6 Å². The molecule has 2 aromatic rings. The van der Waals surface area contributed by atoms with Crippen LogP contribution < -0.4 is 5.32 Å². The molecule has 18 heavy (non-hydrogen) atoms. The Bertz CT molecular complexity index is 572. The lowest BCUT2D eigenvalue weighted by Gasteiger charge is -2.11. The summed E-state index contributed by atoms with van der Waals surface area (Å²) in [6.45, 7) is 0.336. The highest BCUT2D eigenvalue weighted by molar-refractivity contribution is 9.10. The molecule has 0 spiro atoms. The molecule has 0 radical (unpaired) electrons. The minimum absolute atomic E-state index is 0.311. The van der Waals surface area contributed by atoms with Crippen molar-refractivity contribution in [2.75, 3.05) is 5.32 Å². The fourth-order valence-electron chi connectivity index (χ4n) is 1.55. The van der Waals surface area contributed by atoms with Gasteiger partial charge in [-0.1, -0.05) is 12.1 Å². The molecule has 0 aliphatic heterocycles. The van der Waals surface area contributed by atoms with Crippen molar-refractivity contribution in [3.63, 3.8) is 0 Å². The normalized spacial score (nSPS) is 10.3. The van der Waals surface area contributed by atoms with Gasteiger partial charge in [-0.3, -0.25) is 0 Å². The van der Waals surface area contributed by atoms with Gasteiger partial charge in [-0.2, -0.15) is 0 Å². The lowest BCUT2D eigenvalue weighted by atomic mass is 10.1. The van der Waals surface area contributed by atoms with E-state index in [-0.39, 0.29) is 11.5 Å².